The van der Waals surface area contributed by atoms with Crippen LogP contribution in [0.2, 0.25) is 0 Å². The number of aromatic nitrogens is 2. The normalized spacial score (nSPS) is 12.3. The number of aliphatic hydroxyl groups is 1. The Morgan fingerprint density at radius 2 is 2.35 bits per heavy atom. The van der Waals surface area contributed by atoms with Gasteiger partial charge < -0.3 is 15.2 Å². The standard InChI is InChI=1S/C14H19N3O2S/c1-19-8-13-5-14(17-10-16-13)15-6-12(7-18)4-11-2-3-20-9-11/h2-3,5,9-10,12,18H,4,6-8H2,1H3,(H,15,16,17). The molecule has 2 aromatic rings. The van der Waals surface area contributed by atoms with Crippen molar-refractivity contribution in [1.82, 2.24) is 9.97 Å². The maximum Gasteiger partial charge on any atom is 0.129 e. The SMILES string of the molecule is COCc1cc(NCC(CO)Cc2ccsc2)ncn1. The topological polar surface area (TPSA) is 67.3 Å². The van der Waals surface area contributed by atoms with E-state index < -0.39 is 0 Å². The maximum absolute atomic E-state index is 9.45. The zero-order valence-electron chi connectivity index (χ0n) is 11.5. The summed E-state index contributed by atoms with van der Waals surface area (Å²) < 4.78 is 5.04. The van der Waals surface area contributed by atoms with Gasteiger partial charge in [0.2, 0.25) is 0 Å². The van der Waals surface area contributed by atoms with Gasteiger partial charge in [-0.25, -0.2) is 9.97 Å². The van der Waals surface area contributed by atoms with Gasteiger partial charge in [-0.05, 0) is 28.8 Å². The Bertz CT molecular complexity index is 505. The number of rotatable bonds is 8. The molecule has 0 aliphatic carbocycles. The molecule has 2 N–H and O–H groups in total. The first kappa shape index (κ1) is 14.9. The van der Waals surface area contributed by atoms with Gasteiger partial charge in [-0.1, -0.05) is 0 Å². The molecule has 0 saturated carbocycles. The van der Waals surface area contributed by atoms with Gasteiger partial charge in [0.25, 0.3) is 0 Å². The highest BCUT2D eigenvalue weighted by molar-refractivity contribution is 7.07. The van der Waals surface area contributed by atoms with Gasteiger partial charge in [0, 0.05) is 32.2 Å². The van der Waals surface area contributed by atoms with Crippen molar-refractivity contribution in [3.05, 3.63) is 40.5 Å². The zero-order chi connectivity index (χ0) is 14.2. The Kier molecular flexibility index (Phi) is 5.91. The lowest BCUT2D eigenvalue weighted by Gasteiger charge is -2.15. The fourth-order valence-electron chi connectivity index (χ4n) is 1.91. The van der Waals surface area contributed by atoms with Gasteiger partial charge >= 0.3 is 0 Å². The second-order valence-corrected chi connectivity index (χ2v) is 5.37. The van der Waals surface area contributed by atoms with Crippen LogP contribution in [0.15, 0.2) is 29.2 Å². The van der Waals surface area contributed by atoms with Crippen molar-refractivity contribution in [3.63, 3.8) is 0 Å². The van der Waals surface area contributed by atoms with Crippen molar-refractivity contribution in [2.24, 2.45) is 5.92 Å². The van der Waals surface area contributed by atoms with Crippen molar-refractivity contribution in [3.8, 4) is 0 Å². The fourth-order valence-corrected chi connectivity index (χ4v) is 2.59. The van der Waals surface area contributed by atoms with Crippen LogP contribution in [0.1, 0.15) is 11.3 Å². The van der Waals surface area contributed by atoms with E-state index in [4.69, 9.17) is 4.74 Å². The van der Waals surface area contributed by atoms with Crippen molar-refractivity contribution < 1.29 is 9.84 Å². The summed E-state index contributed by atoms with van der Waals surface area (Å²) in [5.74, 6) is 0.932. The lowest BCUT2D eigenvalue weighted by atomic mass is 10.0. The van der Waals surface area contributed by atoms with E-state index in [9.17, 15) is 5.11 Å². The van der Waals surface area contributed by atoms with Crippen LogP contribution in [0, 0.1) is 5.92 Å². The summed E-state index contributed by atoms with van der Waals surface area (Å²) in [5.41, 5.74) is 2.10. The van der Waals surface area contributed by atoms with E-state index in [1.807, 2.05) is 6.07 Å². The molecule has 0 fully saturated rings. The number of nitrogens with zero attached hydrogens (tertiary/aromatic N) is 2. The molecule has 6 heteroatoms. The second kappa shape index (κ2) is 7.94. The molecule has 0 aliphatic heterocycles. The average molecular weight is 293 g/mol. The minimum absolute atomic E-state index is 0.152. The number of hydrogen-bond acceptors (Lipinski definition) is 6. The van der Waals surface area contributed by atoms with E-state index in [1.54, 1.807) is 18.4 Å². The highest BCUT2D eigenvalue weighted by atomic mass is 32.1. The molecule has 1 atom stereocenters. The molecular weight excluding hydrogens is 274 g/mol. The molecule has 0 aliphatic rings. The molecule has 0 radical (unpaired) electrons. The Morgan fingerprint density at radius 1 is 1.45 bits per heavy atom. The number of ether oxygens (including phenoxy) is 1. The number of aliphatic hydroxyl groups excluding tert-OH is 1. The van der Waals surface area contributed by atoms with Crippen LogP contribution in [0.25, 0.3) is 0 Å². The molecule has 5 nitrogen and oxygen atoms in total. The summed E-state index contributed by atoms with van der Waals surface area (Å²) in [6, 6.07) is 3.96. The highest BCUT2D eigenvalue weighted by Crippen LogP contribution is 2.13. The molecule has 20 heavy (non-hydrogen) atoms. The van der Waals surface area contributed by atoms with Crippen molar-refractivity contribution >= 4 is 17.2 Å². The van der Waals surface area contributed by atoms with Crippen molar-refractivity contribution in [2.45, 2.75) is 13.0 Å². The molecule has 0 amide bonds. The van der Waals surface area contributed by atoms with Gasteiger partial charge in [0.15, 0.2) is 0 Å². The number of hydrogen-bond donors (Lipinski definition) is 2. The van der Waals surface area contributed by atoms with Crippen LogP contribution in [0.5, 0.6) is 0 Å². The van der Waals surface area contributed by atoms with Crippen molar-refractivity contribution in [2.75, 3.05) is 25.6 Å². The quantitative estimate of drug-likeness (QED) is 0.778. The molecular formula is C14H19N3O2S. The minimum atomic E-state index is 0.152. The molecule has 0 aromatic carbocycles. The molecule has 0 spiro atoms. The summed E-state index contributed by atoms with van der Waals surface area (Å²) in [6.45, 7) is 1.30. The Hall–Kier alpha value is -1.50. The number of anilines is 1. The van der Waals surface area contributed by atoms with Crippen LogP contribution in [0.4, 0.5) is 5.82 Å². The summed E-state index contributed by atoms with van der Waals surface area (Å²) >= 11 is 1.68. The van der Waals surface area contributed by atoms with Gasteiger partial charge in [-0.15, -0.1) is 0 Å². The Morgan fingerprint density at radius 3 is 3.05 bits per heavy atom. The average Bonchev–Trinajstić information content (AvgIpc) is 2.97. The van der Waals surface area contributed by atoms with Gasteiger partial charge in [-0.3, -0.25) is 0 Å². The summed E-state index contributed by atoms with van der Waals surface area (Å²) in [4.78, 5) is 8.28. The van der Waals surface area contributed by atoms with E-state index in [0.29, 0.717) is 13.2 Å². The second-order valence-electron chi connectivity index (χ2n) is 4.59. The summed E-state index contributed by atoms with van der Waals surface area (Å²) in [6.07, 6.45) is 2.38. The molecule has 2 rings (SSSR count). The smallest absolute Gasteiger partial charge is 0.129 e. The van der Waals surface area contributed by atoms with Gasteiger partial charge in [0.1, 0.15) is 12.1 Å². The first-order valence-corrected chi connectivity index (χ1v) is 7.41. The van der Waals surface area contributed by atoms with Gasteiger partial charge in [-0.2, -0.15) is 11.3 Å². The third-order valence-electron chi connectivity index (χ3n) is 2.95. The predicted molar refractivity (Wildman–Crippen MR) is 79.8 cm³/mol. The fraction of sp³-hybridized carbons (Fsp3) is 0.429. The third kappa shape index (κ3) is 4.56. The van der Waals surface area contributed by atoms with Crippen LogP contribution < -0.4 is 5.32 Å². The molecule has 108 valence electrons. The first-order valence-electron chi connectivity index (χ1n) is 6.47. The van der Waals surface area contributed by atoms with Crippen LogP contribution in [0.3, 0.4) is 0 Å². The van der Waals surface area contributed by atoms with E-state index >= 15 is 0 Å². The van der Waals surface area contributed by atoms with E-state index in [1.165, 1.54) is 11.9 Å². The highest BCUT2D eigenvalue weighted by Gasteiger charge is 2.09. The monoisotopic (exact) mass is 293 g/mol. The number of thiophene rings is 1. The molecule has 0 saturated heterocycles. The van der Waals surface area contributed by atoms with E-state index in [0.717, 1.165) is 17.9 Å². The molecule has 2 aromatic heterocycles. The third-order valence-corrected chi connectivity index (χ3v) is 3.68. The summed E-state index contributed by atoms with van der Waals surface area (Å²) in [7, 11) is 1.64. The molecule has 1 unspecified atom stereocenters. The largest absolute Gasteiger partial charge is 0.396 e. The number of nitrogens with one attached hydrogen (secondary N) is 1. The van der Waals surface area contributed by atoms with E-state index in [2.05, 4.69) is 32.1 Å². The Labute approximate surface area is 122 Å². The minimum Gasteiger partial charge on any atom is -0.396 e. The lowest BCUT2D eigenvalue weighted by Crippen LogP contribution is -2.20. The Balaban J connectivity index is 1.87. The predicted octanol–water partition coefficient (Wildman–Crippen LogP) is 1.95. The van der Waals surface area contributed by atoms with Crippen molar-refractivity contribution in [1.29, 1.82) is 0 Å². The molecule has 0 bridgehead atoms. The number of methoxy groups -OCH3 is 1. The molecule has 2 heterocycles. The summed E-state index contributed by atoms with van der Waals surface area (Å²) in [5, 5.41) is 16.9. The van der Waals surface area contributed by atoms with Crippen LogP contribution in [-0.4, -0.2) is 35.3 Å². The van der Waals surface area contributed by atoms with Crippen LogP contribution >= 0.6 is 11.3 Å². The first-order chi connectivity index (χ1) is 9.81. The maximum atomic E-state index is 9.45. The van der Waals surface area contributed by atoms with E-state index in [-0.39, 0.29) is 12.5 Å². The lowest BCUT2D eigenvalue weighted by molar-refractivity contribution is 0.181. The van der Waals surface area contributed by atoms with Crippen LogP contribution in [-0.2, 0) is 17.8 Å². The van der Waals surface area contributed by atoms with Gasteiger partial charge in [0.05, 0.1) is 12.3 Å². The zero-order valence-corrected chi connectivity index (χ0v) is 12.3.